The van der Waals surface area contributed by atoms with Crippen LogP contribution in [0.1, 0.15) is 61.5 Å². The number of fused-ring (bicyclic) bond motifs is 8. The van der Waals surface area contributed by atoms with Gasteiger partial charge in [0, 0.05) is 12.1 Å². The monoisotopic (exact) mass is 495 g/mol. The molecule has 0 aliphatic carbocycles. The number of amidine groups is 1. The normalized spacial score (nSPS) is 16.8. The third kappa shape index (κ3) is 3.88. The molecule has 0 aromatic heterocycles. The van der Waals surface area contributed by atoms with Crippen molar-refractivity contribution in [1.29, 1.82) is 5.41 Å². The molecule has 2 heterocycles. The number of nitrogens with two attached hydrogens (primary N) is 1. The lowest BCUT2D eigenvalue weighted by atomic mass is 9.81. The molecule has 4 aromatic rings. The maximum atomic E-state index is 15.1. The van der Waals surface area contributed by atoms with Gasteiger partial charge in [0.1, 0.15) is 29.7 Å². The highest BCUT2D eigenvalue weighted by atomic mass is 19.1. The first-order valence-corrected chi connectivity index (χ1v) is 11.9. The van der Waals surface area contributed by atoms with Crippen molar-refractivity contribution in [2.75, 3.05) is 0 Å². The third-order valence-corrected chi connectivity index (χ3v) is 7.11. The summed E-state index contributed by atoms with van der Waals surface area (Å²) in [6.07, 6.45) is -0.788. The number of ether oxygens (including phenoxy) is 1. The van der Waals surface area contributed by atoms with Crippen molar-refractivity contribution in [3.05, 3.63) is 129 Å². The molecule has 0 fully saturated rings. The smallest absolute Gasteiger partial charge is 0.254 e. The summed E-state index contributed by atoms with van der Waals surface area (Å²) in [5.74, 6) is -1.44. The van der Waals surface area contributed by atoms with Crippen LogP contribution in [0.5, 0.6) is 0 Å². The van der Waals surface area contributed by atoms with Gasteiger partial charge in [-0.3, -0.25) is 10.2 Å². The molecule has 0 radical (unpaired) electrons. The van der Waals surface area contributed by atoms with Gasteiger partial charge >= 0.3 is 0 Å². The molecule has 5 nitrogen and oxygen atoms in total. The maximum absolute atomic E-state index is 15.1. The van der Waals surface area contributed by atoms with E-state index >= 15 is 4.39 Å². The summed E-state index contributed by atoms with van der Waals surface area (Å²) in [6.45, 7) is 2.22. The highest BCUT2D eigenvalue weighted by molar-refractivity contribution is 5.95. The van der Waals surface area contributed by atoms with Gasteiger partial charge in [-0.1, -0.05) is 42.5 Å². The summed E-state index contributed by atoms with van der Waals surface area (Å²) in [7, 11) is 0. The minimum atomic E-state index is -0.604. The van der Waals surface area contributed by atoms with Crippen molar-refractivity contribution >= 4 is 11.7 Å². The van der Waals surface area contributed by atoms with Gasteiger partial charge in [0.2, 0.25) is 0 Å². The predicted molar refractivity (Wildman–Crippen MR) is 136 cm³/mol. The number of benzene rings is 4. The van der Waals surface area contributed by atoms with Crippen LogP contribution in [0.4, 0.5) is 8.78 Å². The largest absolute Gasteiger partial charge is 0.384 e. The van der Waals surface area contributed by atoms with Gasteiger partial charge in [-0.2, -0.15) is 0 Å². The van der Waals surface area contributed by atoms with Gasteiger partial charge in [0.05, 0.1) is 5.56 Å². The van der Waals surface area contributed by atoms with E-state index in [2.05, 4.69) is 5.32 Å². The molecule has 2 atom stereocenters. The predicted octanol–water partition coefficient (Wildman–Crippen LogP) is 5.68. The Hall–Kier alpha value is -4.36. The standard InChI is InChI=1S/C30H23F2N3O2/c1-15-10-19(17-6-8-20(31)9-7-17)11-24-26(15)28-21-12-23(25(32)13-22(21)27(24)37-28)30(36)35-14-16-2-4-18(5-3-16)29(33)34/h2-13,27-28H,14H2,1H3,(H3,33,34)(H,35,36). The van der Waals surface area contributed by atoms with Gasteiger partial charge < -0.3 is 15.8 Å². The van der Waals surface area contributed by atoms with Crippen molar-refractivity contribution in [3.63, 3.8) is 0 Å². The van der Waals surface area contributed by atoms with E-state index in [-0.39, 0.29) is 29.9 Å². The second kappa shape index (κ2) is 8.64. The molecule has 2 bridgehead atoms. The van der Waals surface area contributed by atoms with E-state index in [1.807, 2.05) is 19.1 Å². The van der Waals surface area contributed by atoms with E-state index < -0.39 is 17.8 Å². The van der Waals surface area contributed by atoms with E-state index in [1.54, 1.807) is 42.5 Å². The topological polar surface area (TPSA) is 88.2 Å². The van der Waals surface area contributed by atoms with Crippen molar-refractivity contribution < 1.29 is 18.3 Å². The molecular formula is C30H23F2N3O2. The van der Waals surface area contributed by atoms with Crippen molar-refractivity contribution in [2.24, 2.45) is 5.73 Å². The molecular weight excluding hydrogens is 472 g/mol. The summed E-state index contributed by atoms with van der Waals surface area (Å²) in [5.41, 5.74) is 13.2. The molecule has 6 rings (SSSR count). The number of nitrogens with one attached hydrogen (secondary N) is 2. The Balaban J connectivity index is 1.27. The third-order valence-electron chi connectivity index (χ3n) is 7.11. The fourth-order valence-corrected chi connectivity index (χ4v) is 5.27. The van der Waals surface area contributed by atoms with E-state index in [0.717, 1.165) is 44.5 Å². The molecule has 7 heteroatoms. The Kier molecular flexibility index (Phi) is 5.38. The Morgan fingerprint density at radius 1 is 0.919 bits per heavy atom. The van der Waals surface area contributed by atoms with Crippen LogP contribution in [0.15, 0.2) is 72.8 Å². The number of carbonyl (C=O) groups is 1. The number of hydrogen-bond donors (Lipinski definition) is 3. The Morgan fingerprint density at radius 2 is 1.62 bits per heavy atom. The Morgan fingerprint density at radius 3 is 2.32 bits per heavy atom. The van der Waals surface area contributed by atoms with E-state index in [1.165, 1.54) is 18.2 Å². The quantitative estimate of drug-likeness (QED) is 0.246. The van der Waals surface area contributed by atoms with E-state index in [4.69, 9.17) is 15.9 Å². The second-order valence-electron chi connectivity index (χ2n) is 9.45. The number of halogens is 2. The minimum Gasteiger partial charge on any atom is -0.384 e. The van der Waals surface area contributed by atoms with Crippen molar-refractivity contribution in [2.45, 2.75) is 25.7 Å². The van der Waals surface area contributed by atoms with Crippen LogP contribution >= 0.6 is 0 Å². The first-order chi connectivity index (χ1) is 17.8. The molecule has 2 aliphatic rings. The second-order valence-corrected chi connectivity index (χ2v) is 9.45. The number of aryl methyl sites for hydroxylation is 1. The van der Waals surface area contributed by atoms with E-state index in [9.17, 15) is 9.18 Å². The minimum absolute atomic E-state index is 0.0302. The molecule has 37 heavy (non-hydrogen) atoms. The van der Waals surface area contributed by atoms with Crippen LogP contribution in [0.3, 0.4) is 0 Å². The van der Waals surface area contributed by atoms with Crippen LogP contribution in [0, 0.1) is 24.0 Å². The zero-order valence-corrected chi connectivity index (χ0v) is 19.9. The van der Waals surface area contributed by atoms with Crippen LogP contribution in [0.25, 0.3) is 11.1 Å². The lowest BCUT2D eigenvalue weighted by molar-refractivity contribution is 0.0855. The molecule has 0 saturated heterocycles. The number of nitrogen functional groups attached to an aromatic ring is 1. The van der Waals surface area contributed by atoms with Gasteiger partial charge in [-0.25, -0.2) is 8.78 Å². The summed E-state index contributed by atoms with van der Waals surface area (Å²) in [4.78, 5) is 12.9. The highest BCUT2D eigenvalue weighted by Gasteiger charge is 2.44. The summed E-state index contributed by atoms with van der Waals surface area (Å²) in [5, 5.41) is 10.2. The van der Waals surface area contributed by atoms with Crippen molar-refractivity contribution in [1.82, 2.24) is 5.32 Å². The number of carbonyl (C=O) groups excluding carboxylic acids is 1. The Labute approximate surface area is 212 Å². The van der Waals surface area contributed by atoms with Gasteiger partial charge in [-0.15, -0.1) is 0 Å². The highest BCUT2D eigenvalue weighted by Crippen LogP contribution is 2.56. The van der Waals surface area contributed by atoms with Gasteiger partial charge in [-0.05, 0) is 81.8 Å². The van der Waals surface area contributed by atoms with Crippen LogP contribution < -0.4 is 11.1 Å². The molecule has 0 saturated carbocycles. The molecule has 4 aromatic carbocycles. The van der Waals surface area contributed by atoms with Crippen LogP contribution in [-0.2, 0) is 11.3 Å². The zero-order valence-electron chi connectivity index (χ0n) is 19.9. The lowest BCUT2D eigenvalue weighted by Gasteiger charge is -2.20. The van der Waals surface area contributed by atoms with Crippen LogP contribution in [0.2, 0.25) is 0 Å². The molecule has 4 N–H and O–H groups in total. The fourth-order valence-electron chi connectivity index (χ4n) is 5.27. The SMILES string of the molecule is Cc1cc(-c2ccc(F)cc2)cc2c1C1OC2c2cc(F)c(C(=O)NCc3ccc(C(=N)N)cc3)cc21. The molecule has 0 spiro atoms. The molecule has 2 aliphatic heterocycles. The summed E-state index contributed by atoms with van der Waals surface area (Å²) in [6, 6.07) is 20.3. The molecule has 2 unspecified atom stereocenters. The van der Waals surface area contributed by atoms with E-state index in [0.29, 0.717) is 5.56 Å². The van der Waals surface area contributed by atoms with Crippen molar-refractivity contribution in [3.8, 4) is 11.1 Å². The summed E-state index contributed by atoms with van der Waals surface area (Å²) < 4.78 is 34.8. The number of rotatable bonds is 5. The van der Waals surface area contributed by atoms with Crippen LogP contribution in [-0.4, -0.2) is 11.7 Å². The molecule has 1 amide bonds. The number of hydrogen-bond acceptors (Lipinski definition) is 3. The first-order valence-electron chi connectivity index (χ1n) is 11.9. The first kappa shape index (κ1) is 23.1. The van der Waals surface area contributed by atoms with Gasteiger partial charge in [0.15, 0.2) is 0 Å². The lowest BCUT2D eigenvalue weighted by Crippen LogP contribution is -2.24. The van der Waals surface area contributed by atoms with Gasteiger partial charge in [0.25, 0.3) is 5.91 Å². The fraction of sp³-hybridized carbons (Fsp3) is 0.133. The Bertz CT molecular complexity index is 1580. The summed E-state index contributed by atoms with van der Waals surface area (Å²) >= 11 is 0. The zero-order chi connectivity index (χ0) is 25.8. The molecule has 184 valence electrons. The number of amides is 1. The maximum Gasteiger partial charge on any atom is 0.254 e. The average Bonchev–Trinajstić information content (AvgIpc) is 3.44. The average molecular weight is 496 g/mol.